The highest BCUT2D eigenvalue weighted by Gasteiger charge is 2.27. The predicted molar refractivity (Wildman–Crippen MR) is 112 cm³/mol. The van der Waals surface area contributed by atoms with E-state index in [1.165, 1.54) is 12.1 Å². The minimum absolute atomic E-state index is 0.00417. The molecule has 1 atom stereocenters. The van der Waals surface area contributed by atoms with Crippen molar-refractivity contribution >= 4 is 17.6 Å². The van der Waals surface area contributed by atoms with Crippen LogP contribution in [0.1, 0.15) is 18.2 Å². The zero-order valence-corrected chi connectivity index (χ0v) is 17.7. The van der Waals surface area contributed by atoms with Crippen LogP contribution in [-0.2, 0) is 22.4 Å². The van der Waals surface area contributed by atoms with Crippen molar-refractivity contribution in [1.82, 2.24) is 19.8 Å². The molecule has 1 aliphatic rings. The lowest BCUT2D eigenvalue weighted by atomic mass is 10.0. The Morgan fingerprint density at radius 3 is 2.43 bits per heavy atom. The van der Waals surface area contributed by atoms with Crippen molar-refractivity contribution in [3.8, 4) is 0 Å². The normalized spacial score (nSPS) is 16.9. The van der Waals surface area contributed by atoms with E-state index >= 15 is 0 Å². The molecule has 2 heterocycles. The van der Waals surface area contributed by atoms with Crippen molar-refractivity contribution in [1.29, 1.82) is 0 Å². The van der Waals surface area contributed by atoms with Crippen LogP contribution in [0.4, 0.5) is 10.2 Å². The van der Waals surface area contributed by atoms with Crippen LogP contribution < -0.4 is 4.90 Å². The van der Waals surface area contributed by atoms with Gasteiger partial charge in [-0.25, -0.2) is 14.4 Å². The second-order valence-electron chi connectivity index (χ2n) is 7.94. The molecule has 0 saturated carbocycles. The summed E-state index contributed by atoms with van der Waals surface area (Å²) in [6, 6.07) is 7.93. The number of carbonyl (C=O) groups is 2. The van der Waals surface area contributed by atoms with Crippen molar-refractivity contribution < 1.29 is 14.0 Å². The second-order valence-corrected chi connectivity index (χ2v) is 7.94. The van der Waals surface area contributed by atoms with Gasteiger partial charge in [-0.05, 0) is 30.0 Å². The number of benzene rings is 1. The molecule has 1 unspecified atom stereocenters. The largest absolute Gasteiger partial charge is 0.363 e. The summed E-state index contributed by atoms with van der Waals surface area (Å²) < 4.78 is 13.1. The van der Waals surface area contributed by atoms with Crippen LogP contribution in [0, 0.1) is 11.7 Å². The Morgan fingerprint density at radius 2 is 1.77 bits per heavy atom. The van der Waals surface area contributed by atoms with Gasteiger partial charge in [0.25, 0.3) is 0 Å². The molecule has 1 aromatic carbocycles. The molecular weight excluding hydrogens is 385 g/mol. The molecule has 2 amide bonds. The Kier molecular flexibility index (Phi) is 6.97. The van der Waals surface area contributed by atoms with Gasteiger partial charge in [0.05, 0.1) is 6.42 Å². The molecule has 3 rings (SSSR count). The molecule has 2 aromatic rings. The van der Waals surface area contributed by atoms with E-state index in [-0.39, 0.29) is 30.0 Å². The summed E-state index contributed by atoms with van der Waals surface area (Å²) in [6.45, 7) is 3.68. The number of aromatic nitrogens is 2. The summed E-state index contributed by atoms with van der Waals surface area (Å²) in [5.41, 5.74) is 1.66. The molecule has 0 bridgehead atoms. The number of carbonyl (C=O) groups excluding carboxylic acids is 2. The van der Waals surface area contributed by atoms with E-state index in [1.54, 1.807) is 30.3 Å². The molecule has 1 aliphatic heterocycles. The Bertz CT molecular complexity index is 887. The molecule has 0 N–H and O–H groups in total. The molecule has 0 radical (unpaired) electrons. The van der Waals surface area contributed by atoms with E-state index in [4.69, 9.17) is 0 Å². The molecule has 1 fully saturated rings. The van der Waals surface area contributed by atoms with Crippen LogP contribution in [0.15, 0.2) is 36.7 Å². The number of rotatable bonds is 5. The van der Waals surface area contributed by atoms with Crippen LogP contribution in [-0.4, -0.2) is 71.9 Å². The maximum absolute atomic E-state index is 13.1. The van der Waals surface area contributed by atoms with Gasteiger partial charge in [0.1, 0.15) is 18.0 Å². The minimum atomic E-state index is -0.319. The maximum atomic E-state index is 13.1. The summed E-state index contributed by atoms with van der Waals surface area (Å²) >= 11 is 0. The van der Waals surface area contributed by atoms with Crippen LogP contribution in [0.2, 0.25) is 0 Å². The second kappa shape index (κ2) is 9.65. The SMILES string of the molecule is CC(=O)N1CCN(C(=O)Cc2ccc(F)cc2)CC(Cc2cc(N(C)C)ncn2)C1. The van der Waals surface area contributed by atoms with E-state index < -0.39 is 0 Å². The van der Waals surface area contributed by atoms with E-state index in [0.29, 0.717) is 32.6 Å². The van der Waals surface area contributed by atoms with E-state index in [1.807, 2.05) is 30.0 Å². The average Bonchev–Trinajstić information content (AvgIpc) is 2.93. The Balaban J connectivity index is 1.74. The van der Waals surface area contributed by atoms with E-state index in [9.17, 15) is 14.0 Å². The predicted octanol–water partition coefficient (Wildman–Crippen LogP) is 1.77. The molecular formula is C22H28FN5O2. The fourth-order valence-corrected chi connectivity index (χ4v) is 3.67. The third-order valence-corrected chi connectivity index (χ3v) is 5.33. The monoisotopic (exact) mass is 413 g/mol. The number of amides is 2. The summed E-state index contributed by atoms with van der Waals surface area (Å²) in [5.74, 6) is 0.554. The summed E-state index contributed by atoms with van der Waals surface area (Å²) in [7, 11) is 3.84. The fourth-order valence-electron chi connectivity index (χ4n) is 3.67. The minimum Gasteiger partial charge on any atom is -0.363 e. The van der Waals surface area contributed by atoms with Gasteiger partial charge in [-0.1, -0.05) is 12.1 Å². The quantitative estimate of drug-likeness (QED) is 0.747. The number of hydrogen-bond acceptors (Lipinski definition) is 5. The lowest BCUT2D eigenvalue weighted by Crippen LogP contribution is -2.37. The van der Waals surface area contributed by atoms with Crippen molar-refractivity contribution in [3.05, 3.63) is 53.7 Å². The first kappa shape index (κ1) is 21.7. The lowest BCUT2D eigenvalue weighted by molar-refractivity contribution is -0.132. The fraction of sp³-hybridized carbons (Fsp3) is 0.455. The smallest absolute Gasteiger partial charge is 0.227 e. The molecule has 0 aliphatic carbocycles. The van der Waals surface area contributed by atoms with Crippen LogP contribution in [0.3, 0.4) is 0 Å². The number of halogens is 1. The Labute approximate surface area is 176 Å². The number of anilines is 1. The highest BCUT2D eigenvalue weighted by atomic mass is 19.1. The zero-order chi connectivity index (χ0) is 21.7. The highest BCUT2D eigenvalue weighted by molar-refractivity contribution is 5.79. The first-order valence-electron chi connectivity index (χ1n) is 10.1. The Morgan fingerprint density at radius 1 is 1.10 bits per heavy atom. The van der Waals surface area contributed by atoms with Gasteiger partial charge in [-0.3, -0.25) is 9.59 Å². The van der Waals surface area contributed by atoms with E-state index in [0.717, 1.165) is 17.1 Å². The molecule has 160 valence electrons. The van der Waals surface area contributed by atoms with Crippen LogP contribution >= 0.6 is 0 Å². The standard InChI is InChI=1S/C22H28FN5O2/c1-16(29)27-8-9-28(22(30)11-17-4-6-19(23)7-5-17)14-18(13-27)10-20-12-21(26(2)3)25-15-24-20/h4-7,12,15,18H,8-11,13-14H2,1-3H3. The van der Waals surface area contributed by atoms with Gasteiger partial charge in [-0.2, -0.15) is 0 Å². The number of nitrogens with zero attached hydrogens (tertiary/aromatic N) is 5. The van der Waals surface area contributed by atoms with Gasteiger partial charge in [0.2, 0.25) is 11.8 Å². The molecule has 8 heteroatoms. The zero-order valence-electron chi connectivity index (χ0n) is 17.7. The van der Waals surface area contributed by atoms with Gasteiger partial charge in [0, 0.05) is 59.0 Å². The molecule has 30 heavy (non-hydrogen) atoms. The van der Waals surface area contributed by atoms with Crippen molar-refractivity contribution in [3.63, 3.8) is 0 Å². The van der Waals surface area contributed by atoms with E-state index in [2.05, 4.69) is 9.97 Å². The van der Waals surface area contributed by atoms with Gasteiger partial charge in [0.15, 0.2) is 0 Å². The van der Waals surface area contributed by atoms with Crippen LogP contribution in [0.25, 0.3) is 0 Å². The topological polar surface area (TPSA) is 69.6 Å². The summed E-state index contributed by atoms with van der Waals surface area (Å²) in [4.78, 5) is 39.1. The average molecular weight is 413 g/mol. The van der Waals surface area contributed by atoms with Crippen molar-refractivity contribution in [2.75, 3.05) is 45.2 Å². The highest BCUT2D eigenvalue weighted by Crippen LogP contribution is 2.18. The number of hydrogen-bond donors (Lipinski definition) is 0. The maximum Gasteiger partial charge on any atom is 0.227 e. The first-order chi connectivity index (χ1) is 14.3. The van der Waals surface area contributed by atoms with Crippen LogP contribution in [0.5, 0.6) is 0 Å². The summed E-state index contributed by atoms with van der Waals surface area (Å²) in [6.07, 6.45) is 2.40. The lowest BCUT2D eigenvalue weighted by Gasteiger charge is -2.24. The Hall–Kier alpha value is -3.03. The third-order valence-electron chi connectivity index (χ3n) is 5.33. The van der Waals surface area contributed by atoms with Crippen molar-refractivity contribution in [2.24, 2.45) is 5.92 Å². The summed E-state index contributed by atoms with van der Waals surface area (Å²) in [5, 5.41) is 0. The van der Waals surface area contributed by atoms with Crippen molar-refractivity contribution in [2.45, 2.75) is 19.8 Å². The molecule has 1 aromatic heterocycles. The third kappa shape index (κ3) is 5.75. The molecule has 0 spiro atoms. The first-order valence-corrected chi connectivity index (χ1v) is 10.1. The van der Waals surface area contributed by atoms with Gasteiger partial charge >= 0.3 is 0 Å². The van der Waals surface area contributed by atoms with Gasteiger partial charge in [-0.15, -0.1) is 0 Å². The van der Waals surface area contributed by atoms with Gasteiger partial charge < -0.3 is 14.7 Å². The molecule has 7 nitrogen and oxygen atoms in total. The molecule has 1 saturated heterocycles.